The Morgan fingerprint density at radius 1 is 0.955 bits per heavy atom. The van der Waals surface area contributed by atoms with E-state index in [-0.39, 0.29) is 0 Å². The van der Waals surface area contributed by atoms with Crippen LogP contribution in [0.15, 0.2) is 59.7 Å². The molecule has 22 heavy (non-hydrogen) atoms. The van der Waals surface area contributed by atoms with Crippen molar-refractivity contribution in [3.63, 3.8) is 0 Å². The molecule has 2 N–H and O–H groups in total. The maximum absolute atomic E-state index is 4.15. The molecule has 0 saturated heterocycles. The highest BCUT2D eigenvalue weighted by Gasteiger charge is 2.03. The maximum atomic E-state index is 4.15. The Morgan fingerprint density at radius 2 is 1.68 bits per heavy atom. The molecule has 3 rings (SSSR count). The number of aryl methyl sites for hydroxylation is 1. The van der Waals surface area contributed by atoms with Gasteiger partial charge in [-0.15, -0.1) is 10.2 Å². The van der Waals surface area contributed by atoms with Crippen LogP contribution in [0, 0.1) is 6.92 Å². The van der Waals surface area contributed by atoms with Gasteiger partial charge >= 0.3 is 0 Å². The van der Waals surface area contributed by atoms with Crippen LogP contribution in [0.1, 0.15) is 11.1 Å². The van der Waals surface area contributed by atoms with E-state index >= 15 is 0 Å². The highest BCUT2D eigenvalue weighted by molar-refractivity contribution is 7.19. The topological polar surface area (TPSA) is 62.2 Å². The van der Waals surface area contributed by atoms with Gasteiger partial charge in [0.05, 0.1) is 6.21 Å². The van der Waals surface area contributed by atoms with Crippen molar-refractivity contribution in [2.24, 2.45) is 5.10 Å². The molecular formula is C16H15N5S. The molecule has 6 heteroatoms. The highest BCUT2D eigenvalue weighted by atomic mass is 32.1. The maximum Gasteiger partial charge on any atom is 0.227 e. The normalized spacial score (nSPS) is 10.8. The Bertz CT molecular complexity index is 750. The number of hydrogen-bond donors (Lipinski definition) is 2. The molecule has 0 aliphatic carbocycles. The lowest BCUT2D eigenvalue weighted by molar-refractivity contribution is 1.08. The summed E-state index contributed by atoms with van der Waals surface area (Å²) in [4.78, 5) is 0. The lowest BCUT2D eigenvalue weighted by atomic mass is 10.2. The van der Waals surface area contributed by atoms with E-state index in [9.17, 15) is 0 Å². The first kappa shape index (κ1) is 14.2. The summed E-state index contributed by atoms with van der Waals surface area (Å²) in [6.45, 7) is 2.06. The molecule has 1 aromatic heterocycles. The van der Waals surface area contributed by atoms with Crippen molar-refractivity contribution < 1.29 is 0 Å². The molecule has 0 unspecified atom stereocenters. The summed E-state index contributed by atoms with van der Waals surface area (Å²) in [5.74, 6) is 0. The summed E-state index contributed by atoms with van der Waals surface area (Å²) in [6, 6.07) is 18.0. The van der Waals surface area contributed by atoms with Crippen molar-refractivity contribution >= 4 is 33.5 Å². The fourth-order valence-electron chi connectivity index (χ4n) is 1.78. The number of nitrogens with zero attached hydrogens (tertiary/aromatic N) is 3. The summed E-state index contributed by atoms with van der Waals surface area (Å²) >= 11 is 1.41. The van der Waals surface area contributed by atoms with E-state index in [1.807, 2.05) is 54.6 Å². The van der Waals surface area contributed by atoms with E-state index in [0.29, 0.717) is 5.13 Å². The number of hydrazone groups is 1. The van der Waals surface area contributed by atoms with Crippen LogP contribution < -0.4 is 10.7 Å². The lowest BCUT2D eigenvalue weighted by Crippen LogP contribution is -1.89. The van der Waals surface area contributed by atoms with Gasteiger partial charge in [-0.05, 0) is 24.6 Å². The fraction of sp³-hybridized carbons (Fsp3) is 0.0625. The van der Waals surface area contributed by atoms with Gasteiger partial charge in [-0.25, -0.2) is 0 Å². The van der Waals surface area contributed by atoms with Crippen LogP contribution >= 0.6 is 11.3 Å². The summed E-state index contributed by atoms with van der Waals surface area (Å²) in [5.41, 5.74) is 6.12. The number of benzene rings is 2. The van der Waals surface area contributed by atoms with Crippen molar-refractivity contribution in [1.29, 1.82) is 0 Å². The van der Waals surface area contributed by atoms with Gasteiger partial charge in [0.15, 0.2) is 0 Å². The third kappa shape index (κ3) is 3.89. The predicted molar refractivity (Wildman–Crippen MR) is 92.0 cm³/mol. The molecule has 0 spiro atoms. The van der Waals surface area contributed by atoms with Crippen molar-refractivity contribution in [3.8, 4) is 0 Å². The van der Waals surface area contributed by atoms with Crippen molar-refractivity contribution in [3.05, 3.63) is 65.7 Å². The average molecular weight is 309 g/mol. The summed E-state index contributed by atoms with van der Waals surface area (Å²) in [6.07, 6.45) is 1.74. The second-order valence-electron chi connectivity index (χ2n) is 4.68. The molecule has 0 fully saturated rings. The first-order valence-corrected chi connectivity index (χ1v) is 7.62. The lowest BCUT2D eigenvalue weighted by Gasteiger charge is -2.01. The van der Waals surface area contributed by atoms with Gasteiger partial charge in [0, 0.05) is 5.69 Å². The monoisotopic (exact) mass is 309 g/mol. The Labute approximate surface area is 132 Å². The molecule has 5 nitrogen and oxygen atoms in total. The van der Waals surface area contributed by atoms with Crippen LogP contribution in [0.3, 0.4) is 0 Å². The molecule has 0 atom stereocenters. The van der Waals surface area contributed by atoms with Crippen molar-refractivity contribution in [2.45, 2.75) is 6.92 Å². The summed E-state index contributed by atoms with van der Waals surface area (Å²) in [7, 11) is 0. The molecule has 0 aliphatic rings. The standard InChI is InChI=1S/C16H15N5S/c1-12-7-9-14(10-8-12)18-15-20-21-16(22-15)19-17-11-13-5-3-2-4-6-13/h2-11H,1H3,(H,18,20)(H,19,21)/b17-11+. The van der Waals surface area contributed by atoms with E-state index in [1.54, 1.807) is 6.21 Å². The van der Waals surface area contributed by atoms with Crippen LogP contribution in [0.25, 0.3) is 0 Å². The average Bonchev–Trinajstić information content (AvgIpc) is 2.98. The molecule has 1 heterocycles. The molecule has 0 radical (unpaired) electrons. The molecular weight excluding hydrogens is 294 g/mol. The van der Waals surface area contributed by atoms with Gasteiger partial charge in [0.1, 0.15) is 0 Å². The van der Waals surface area contributed by atoms with Crippen molar-refractivity contribution in [2.75, 3.05) is 10.7 Å². The Morgan fingerprint density at radius 3 is 2.45 bits per heavy atom. The smallest absolute Gasteiger partial charge is 0.227 e. The minimum Gasteiger partial charge on any atom is -0.330 e. The van der Waals surface area contributed by atoms with Crippen LogP contribution in [-0.2, 0) is 0 Å². The Hall–Kier alpha value is -2.73. The van der Waals surface area contributed by atoms with Crippen LogP contribution in [-0.4, -0.2) is 16.4 Å². The van der Waals surface area contributed by atoms with Crippen LogP contribution in [0.4, 0.5) is 16.0 Å². The number of hydrogen-bond acceptors (Lipinski definition) is 6. The second-order valence-corrected chi connectivity index (χ2v) is 5.66. The zero-order valence-electron chi connectivity index (χ0n) is 12.0. The molecule has 3 aromatic rings. The van der Waals surface area contributed by atoms with Gasteiger partial charge in [-0.2, -0.15) is 5.10 Å². The number of nitrogens with one attached hydrogen (secondary N) is 2. The molecule has 0 amide bonds. The Kier molecular flexibility index (Phi) is 4.41. The number of anilines is 3. The van der Waals surface area contributed by atoms with Gasteiger partial charge in [-0.3, -0.25) is 5.43 Å². The van der Waals surface area contributed by atoms with E-state index in [0.717, 1.165) is 16.4 Å². The number of rotatable bonds is 5. The molecule has 0 aliphatic heterocycles. The van der Waals surface area contributed by atoms with Crippen molar-refractivity contribution in [1.82, 2.24) is 10.2 Å². The van der Waals surface area contributed by atoms with Gasteiger partial charge in [0.2, 0.25) is 10.3 Å². The zero-order chi connectivity index (χ0) is 15.2. The third-order valence-electron chi connectivity index (χ3n) is 2.90. The van der Waals surface area contributed by atoms with E-state index < -0.39 is 0 Å². The minimum absolute atomic E-state index is 0.641. The van der Waals surface area contributed by atoms with E-state index in [2.05, 4.69) is 33.0 Å². The summed E-state index contributed by atoms with van der Waals surface area (Å²) in [5, 5.41) is 16.8. The first-order valence-electron chi connectivity index (χ1n) is 6.81. The van der Waals surface area contributed by atoms with Gasteiger partial charge in [0.25, 0.3) is 0 Å². The minimum atomic E-state index is 0.641. The largest absolute Gasteiger partial charge is 0.330 e. The fourth-order valence-corrected chi connectivity index (χ4v) is 2.39. The quantitative estimate of drug-likeness (QED) is 0.551. The SMILES string of the molecule is Cc1ccc(Nc2nnc(N/N=C/c3ccccc3)s2)cc1. The zero-order valence-corrected chi connectivity index (χ0v) is 12.8. The van der Waals surface area contributed by atoms with E-state index in [1.165, 1.54) is 16.9 Å². The van der Waals surface area contributed by atoms with Crippen LogP contribution in [0.2, 0.25) is 0 Å². The summed E-state index contributed by atoms with van der Waals surface area (Å²) < 4.78 is 0. The second kappa shape index (κ2) is 6.82. The molecule has 0 saturated carbocycles. The molecule has 2 aromatic carbocycles. The number of aromatic nitrogens is 2. The molecule has 110 valence electrons. The molecule has 0 bridgehead atoms. The third-order valence-corrected chi connectivity index (χ3v) is 3.64. The first-order chi connectivity index (χ1) is 10.8. The predicted octanol–water partition coefficient (Wildman–Crippen LogP) is 4.04. The Balaban J connectivity index is 1.59. The van der Waals surface area contributed by atoms with Crippen LogP contribution in [0.5, 0.6) is 0 Å². The van der Waals surface area contributed by atoms with E-state index in [4.69, 9.17) is 0 Å². The van der Waals surface area contributed by atoms with Gasteiger partial charge < -0.3 is 5.32 Å². The highest BCUT2D eigenvalue weighted by Crippen LogP contribution is 2.23. The van der Waals surface area contributed by atoms with Gasteiger partial charge in [-0.1, -0.05) is 59.4 Å².